The molecule has 0 fully saturated rings. The largest absolute Gasteiger partial charge is 0.475 e. The number of hydrogen-bond acceptors (Lipinski definition) is 2. The quantitative estimate of drug-likeness (QED) is 0.261. The second-order valence-corrected chi connectivity index (χ2v) is 9.15. The van der Waals surface area contributed by atoms with Crippen molar-refractivity contribution in [2.24, 2.45) is 7.05 Å². The third-order valence-electron chi connectivity index (χ3n) is 6.02. The molecule has 0 saturated heterocycles. The summed E-state index contributed by atoms with van der Waals surface area (Å²) in [6.07, 6.45) is 0. The Hall–Kier alpha value is -1.94. The fourth-order valence-electron chi connectivity index (χ4n) is 4.77. The van der Waals surface area contributed by atoms with Crippen molar-refractivity contribution in [2.45, 2.75) is 19.3 Å². The van der Waals surface area contributed by atoms with Gasteiger partial charge in [0.05, 0.1) is 11.0 Å². The molecule has 1 aromatic heterocycles. The van der Waals surface area contributed by atoms with Crippen LogP contribution < -0.4 is 0 Å². The first-order chi connectivity index (χ1) is 13.8. The van der Waals surface area contributed by atoms with Crippen LogP contribution in [0.4, 0.5) is 0 Å². The molecule has 0 radical (unpaired) electrons. The lowest BCUT2D eigenvalue weighted by Gasteiger charge is -2.25. The highest BCUT2D eigenvalue weighted by molar-refractivity contribution is 14.1. The Morgan fingerprint density at radius 3 is 2.43 bits per heavy atom. The van der Waals surface area contributed by atoms with Gasteiger partial charge in [0.1, 0.15) is 0 Å². The highest BCUT2D eigenvalue weighted by Gasteiger charge is 2.38. The number of aromatic carboxylic acids is 1. The Morgan fingerprint density at radius 2 is 1.70 bits per heavy atom. The number of nitrogens with zero attached hydrogens (tertiary/aromatic N) is 2. The molecule has 152 valence electrons. The fraction of sp³-hybridized carbons (Fsp3) is 0.167. The van der Waals surface area contributed by atoms with Crippen molar-refractivity contribution in [1.82, 2.24) is 9.55 Å². The van der Waals surface area contributed by atoms with Crippen molar-refractivity contribution in [3.63, 3.8) is 0 Å². The number of carboxylic acids is 1. The minimum Gasteiger partial charge on any atom is -0.475 e. The van der Waals surface area contributed by atoms with Crippen LogP contribution in [0.25, 0.3) is 33.3 Å². The number of aromatic nitrogens is 2. The van der Waals surface area contributed by atoms with E-state index in [1.807, 2.05) is 12.1 Å². The van der Waals surface area contributed by atoms with E-state index in [0.29, 0.717) is 5.52 Å². The molecule has 1 aliphatic rings. The lowest BCUT2D eigenvalue weighted by molar-refractivity contribution is 0.0680. The molecule has 30 heavy (non-hydrogen) atoms. The number of benzene rings is 3. The Morgan fingerprint density at radius 1 is 1.00 bits per heavy atom. The SMILES string of the molecule is Cn1c(C(=O)O)nc2cccc(-c3c(I)ccc4c3C(C)(C)c3ccccc3-4)c21.I. The maximum atomic E-state index is 11.7. The summed E-state index contributed by atoms with van der Waals surface area (Å²) in [5, 5.41) is 9.55. The molecular formula is C24H20I2N2O2. The summed E-state index contributed by atoms with van der Waals surface area (Å²) in [4.78, 5) is 16.0. The van der Waals surface area contributed by atoms with E-state index in [1.165, 1.54) is 22.3 Å². The average Bonchev–Trinajstić information content (AvgIpc) is 3.15. The van der Waals surface area contributed by atoms with Gasteiger partial charge in [-0.1, -0.05) is 56.3 Å². The van der Waals surface area contributed by atoms with E-state index in [9.17, 15) is 9.90 Å². The zero-order chi connectivity index (χ0) is 20.5. The minimum absolute atomic E-state index is 0. The van der Waals surface area contributed by atoms with Crippen molar-refractivity contribution in [1.29, 1.82) is 0 Å². The predicted molar refractivity (Wildman–Crippen MR) is 139 cm³/mol. The van der Waals surface area contributed by atoms with Gasteiger partial charge in [0.15, 0.2) is 0 Å². The van der Waals surface area contributed by atoms with E-state index in [1.54, 1.807) is 11.6 Å². The molecule has 4 nitrogen and oxygen atoms in total. The summed E-state index contributed by atoms with van der Waals surface area (Å²) in [5.74, 6) is -0.965. The standard InChI is InChI=1S/C24H19IN2O2.HI/c1-24(2)16-9-5-4-7-13(16)14-11-12-17(25)19(20(14)24)15-8-6-10-18-21(15)27(3)22(26-18)23(28)29;/h4-12H,1-3H3,(H,28,29);1H. The van der Waals surface area contributed by atoms with Crippen molar-refractivity contribution in [2.75, 3.05) is 0 Å². The third kappa shape index (κ3) is 2.83. The van der Waals surface area contributed by atoms with Gasteiger partial charge in [-0.05, 0) is 57.0 Å². The first-order valence-corrected chi connectivity index (χ1v) is 10.5. The van der Waals surface area contributed by atoms with Gasteiger partial charge >= 0.3 is 5.97 Å². The number of halogens is 2. The molecule has 0 atom stereocenters. The molecule has 4 aromatic rings. The lowest BCUT2D eigenvalue weighted by Crippen LogP contribution is -2.17. The van der Waals surface area contributed by atoms with Crippen molar-refractivity contribution in [3.05, 3.63) is 75.1 Å². The molecule has 0 amide bonds. The molecule has 0 spiro atoms. The summed E-state index contributed by atoms with van der Waals surface area (Å²) in [7, 11) is 1.78. The van der Waals surface area contributed by atoms with Crippen LogP contribution >= 0.6 is 46.6 Å². The molecular weight excluding hydrogens is 602 g/mol. The Kier molecular flexibility index (Phi) is 5.21. The van der Waals surface area contributed by atoms with Gasteiger partial charge in [-0.2, -0.15) is 0 Å². The van der Waals surface area contributed by atoms with E-state index in [2.05, 4.69) is 83.9 Å². The molecule has 6 heteroatoms. The summed E-state index contributed by atoms with van der Waals surface area (Å²) in [5.41, 5.74) is 8.71. The normalized spacial score (nSPS) is 13.6. The molecule has 5 rings (SSSR count). The van der Waals surface area contributed by atoms with Crippen molar-refractivity contribution >= 4 is 63.6 Å². The molecule has 0 aliphatic heterocycles. The molecule has 0 saturated carbocycles. The highest BCUT2D eigenvalue weighted by atomic mass is 127. The molecule has 1 N–H and O–H groups in total. The molecule has 0 bridgehead atoms. The van der Waals surface area contributed by atoms with Crippen LogP contribution in [0, 0.1) is 3.57 Å². The number of aryl methyl sites for hydroxylation is 1. The molecule has 0 unspecified atom stereocenters. The van der Waals surface area contributed by atoms with E-state index in [-0.39, 0.29) is 35.2 Å². The van der Waals surface area contributed by atoms with Crippen LogP contribution in [0.1, 0.15) is 35.6 Å². The van der Waals surface area contributed by atoms with Gasteiger partial charge in [-0.3, -0.25) is 0 Å². The number of imidazole rings is 1. The van der Waals surface area contributed by atoms with Gasteiger partial charge in [0.2, 0.25) is 5.82 Å². The van der Waals surface area contributed by atoms with E-state index < -0.39 is 5.97 Å². The van der Waals surface area contributed by atoms with Gasteiger partial charge in [0, 0.05) is 27.2 Å². The van der Waals surface area contributed by atoms with E-state index in [0.717, 1.165) is 20.2 Å². The second-order valence-electron chi connectivity index (χ2n) is 7.99. The lowest BCUT2D eigenvalue weighted by atomic mass is 9.78. The second kappa shape index (κ2) is 7.33. The monoisotopic (exact) mass is 622 g/mol. The number of rotatable bonds is 2. The number of fused-ring (bicyclic) bond motifs is 4. The number of hydrogen-bond donors (Lipinski definition) is 1. The van der Waals surface area contributed by atoms with Crippen LogP contribution in [0.3, 0.4) is 0 Å². The number of para-hydroxylation sites is 1. The van der Waals surface area contributed by atoms with Crippen molar-refractivity contribution < 1.29 is 9.90 Å². The van der Waals surface area contributed by atoms with Crippen LogP contribution in [0.2, 0.25) is 0 Å². The first-order valence-electron chi connectivity index (χ1n) is 9.44. The zero-order valence-electron chi connectivity index (χ0n) is 16.7. The van der Waals surface area contributed by atoms with Crippen LogP contribution in [-0.2, 0) is 12.5 Å². The van der Waals surface area contributed by atoms with E-state index in [4.69, 9.17) is 0 Å². The van der Waals surface area contributed by atoms with Crippen molar-refractivity contribution in [3.8, 4) is 22.3 Å². The average molecular weight is 622 g/mol. The van der Waals surface area contributed by atoms with Gasteiger partial charge in [-0.15, -0.1) is 24.0 Å². The summed E-state index contributed by atoms with van der Waals surface area (Å²) in [6, 6.07) is 18.8. The highest BCUT2D eigenvalue weighted by Crippen LogP contribution is 2.53. The smallest absolute Gasteiger partial charge is 0.372 e. The zero-order valence-corrected chi connectivity index (χ0v) is 21.2. The number of carboxylic acid groups (broad SMARTS) is 1. The van der Waals surface area contributed by atoms with Crippen LogP contribution in [0.5, 0.6) is 0 Å². The van der Waals surface area contributed by atoms with Crippen LogP contribution in [-0.4, -0.2) is 20.6 Å². The summed E-state index contributed by atoms with van der Waals surface area (Å²) >= 11 is 2.39. The maximum Gasteiger partial charge on any atom is 0.372 e. The van der Waals surface area contributed by atoms with Crippen LogP contribution in [0.15, 0.2) is 54.6 Å². The maximum absolute atomic E-state index is 11.7. The minimum atomic E-state index is -1.02. The summed E-state index contributed by atoms with van der Waals surface area (Å²) in [6.45, 7) is 4.53. The third-order valence-corrected chi connectivity index (χ3v) is 6.92. The first kappa shape index (κ1) is 21.3. The Bertz CT molecular complexity index is 1340. The topological polar surface area (TPSA) is 55.1 Å². The number of carbonyl (C=O) groups is 1. The Balaban J connectivity index is 0.00000218. The predicted octanol–water partition coefficient (Wildman–Crippen LogP) is 6.47. The Labute approximate surface area is 205 Å². The van der Waals surface area contributed by atoms with Gasteiger partial charge in [-0.25, -0.2) is 9.78 Å². The molecule has 1 heterocycles. The molecule has 3 aromatic carbocycles. The van der Waals surface area contributed by atoms with Gasteiger partial charge in [0.25, 0.3) is 0 Å². The van der Waals surface area contributed by atoms with Gasteiger partial charge < -0.3 is 9.67 Å². The fourth-order valence-corrected chi connectivity index (χ4v) is 5.51. The molecule has 1 aliphatic carbocycles. The van der Waals surface area contributed by atoms with E-state index >= 15 is 0 Å². The summed E-state index contributed by atoms with van der Waals surface area (Å²) < 4.78 is 2.84.